The van der Waals surface area contributed by atoms with Gasteiger partial charge in [-0.15, -0.1) is 11.3 Å². The van der Waals surface area contributed by atoms with E-state index in [1.807, 2.05) is 35.8 Å². The number of carbonyl (C=O) groups excluding carboxylic acids is 1. The minimum absolute atomic E-state index is 0.00252. The van der Waals surface area contributed by atoms with Crippen LogP contribution in [-0.2, 0) is 13.0 Å². The molecule has 0 radical (unpaired) electrons. The highest BCUT2D eigenvalue weighted by Gasteiger charge is 2.22. The van der Waals surface area contributed by atoms with Crippen LogP contribution in [0.15, 0.2) is 29.1 Å². The molecule has 1 aliphatic heterocycles. The van der Waals surface area contributed by atoms with E-state index in [1.54, 1.807) is 0 Å². The number of aryl methyl sites for hydroxylation is 2. The first-order chi connectivity index (χ1) is 13.5. The Balaban J connectivity index is 1.76. The number of anilines is 1. The van der Waals surface area contributed by atoms with Crippen molar-refractivity contribution >= 4 is 33.1 Å². The van der Waals surface area contributed by atoms with E-state index in [4.69, 9.17) is 4.98 Å². The molecule has 6 heteroatoms. The lowest BCUT2D eigenvalue weighted by atomic mass is 10.0. The van der Waals surface area contributed by atoms with Crippen molar-refractivity contribution < 1.29 is 4.79 Å². The van der Waals surface area contributed by atoms with Crippen LogP contribution < -0.4 is 10.9 Å². The van der Waals surface area contributed by atoms with Gasteiger partial charge in [0.1, 0.15) is 10.7 Å². The van der Waals surface area contributed by atoms with Crippen molar-refractivity contribution in [1.82, 2.24) is 9.55 Å². The third kappa shape index (κ3) is 3.26. The fourth-order valence-electron chi connectivity index (χ4n) is 3.92. The molecule has 4 rings (SSSR count). The molecule has 0 unspecified atom stereocenters. The number of para-hydroxylation sites is 1. The van der Waals surface area contributed by atoms with Crippen LogP contribution in [-0.4, -0.2) is 15.5 Å². The third-order valence-corrected chi connectivity index (χ3v) is 6.63. The standard InChI is InChI=1S/C22H25N3O2S/c1-13(2)15-9-6-7-10-16(15)23-20(26)19-14(3)18-21(28-19)24-17-11-5-4-8-12-25(17)22(18)27/h6-7,9-10,13H,4-5,8,11-12H2,1-3H3,(H,23,26). The summed E-state index contributed by atoms with van der Waals surface area (Å²) in [5.74, 6) is 0.989. The van der Waals surface area contributed by atoms with Crippen LogP contribution in [0.1, 0.15) is 65.7 Å². The van der Waals surface area contributed by atoms with E-state index in [-0.39, 0.29) is 11.5 Å². The van der Waals surface area contributed by atoms with Gasteiger partial charge >= 0.3 is 0 Å². The van der Waals surface area contributed by atoms with E-state index in [0.717, 1.165) is 54.9 Å². The molecule has 3 aromatic rings. The number of hydrogen-bond donors (Lipinski definition) is 1. The number of benzene rings is 1. The lowest BCUT2D eigenvalue weighted by molar-refractivity contribution is 0.103. The zero-order chi connectivity index (χ0) is 19.8. The molecular formula is C22H25N3O2S. The Kier molecular flexibility index (Phi) is 5.06. The summed E-state index contributed by atoms with van der Waals surface area (Å²) in [6.45, 7) is 6.78. The first-order valence-corrected chi connectivity index (χ1v) is 10.7. The lowest BCUT2D eigenvalue weighted by Crippen LogP contribution is -2.24. The highest BCUT2D eigenvalue weighted by atomic mass is 32.1. The van der Waals surface area contributed by atoms with Gasteiger partial charge in [0.25, 0.3) is 11.5 Å². The normalized spacial score (nSPS) is 14.1. The van der Waals surface area contributed by atoms with Crippen LogP contribution in [0, 0.1) is 6.92 Å². The van der Waals surface area contributed by atoms with Gasteiger partial charge in [-0.3, -0.25) is 14.2 Å². The fraction of sp³-hybridized carbons (Fsp3) is 0.409. The fourth-order valence-corrected chi connectivity index (χ4v) is 5.01. The molecule has 1 N–H and O–H groups in total. The smallest absolute Gasteiger partial charge is 0.266 e. The van der Waals surface area contributed by atoms with Gasteiger partial charge in [0.2, 0.25) is 0 Å². The van der Waals surface area contributed by atoms with Crippen LogP contribution in [0.4, 0.5) is 5.69 Å². The zero-order valence-corrected chi connectivity index (χ0v) is 17.4. The number of fused-ring (bicyclic) bond motifs is 2. The first kappa shape index (κ1) is 18.9. The van der Waals surface area contributed by atoms with Gasteiger partial charge in [-0.05, 0) is 42.9 Å². The molecule has 0 bridgehead atoms. The largest absolute Gasteiger partial charge is 0.321 e. The maximum absolute atomic E-state index is 13.1. The number of nitrogens with one attached hydrogen (secondary N) is 1. The van der Waals surface area contributed by atoms with E-state index < -0.39 is 0 Å². The van der Waals surface area contributed by atoms with E-state index in [9.17, 15) is 9.59 Å². The molecule has 2 aromatic heterocycles. The van der Waals surface area contributed by atoms with Crippen molar-refractivity contribution in [2.75, 3.05) is 5.32 Å². The summed E-state index contributed by atoms with van der Waals surface area (Å²) in [4.78, 5) is 32.1. The number of rotatable bonds is 3. The summed E-state index contributed by atoms with van der Waals surface area (Å²) in [5, 5.41) is 3.64. The quantitative estimate of drug-likeness (QED) is 0.688. The lowest BCUT2D eigenvalue weighted by Gasteiger charge is -2.13. The molecule has 146 valence electrons. The predicted molar refractivity (Wildman–Crippen MR) is 115 cm³/mol. The van der Waals surface area contributed by atoms with Gasteiger partial charge in [-0.2, -0.15) is 0 Å². The molecule has 0 aliphatic carbocycles. The van der Waals surface area contributed by atoms with Gasteiger partial charge in [-0.25, -0.2) is 4.98 Å². The van der Waals surface area contributed by atoms with Crippen LogP contribution in [0.5, 0.6) is 0 Å². The molecule has 0 fully saturated rings. The Labute approximate surface area is 168 Å². The molecule has 1 aliphatic rings. The zero-order valence-electron chi connectivity index (χ0n) is 16.5. The van der Waals surface area contributed by atoms with E-state index in [1.165, 1.54) is 11.3 Å². The van der Waals surface area contributed by atoms with Crippen LogP contribution in [0.25, 0.3) is 10.2 Å². The maximum atomic E-state index is 13.1. The molecule has 1 aromatic carbocycles. The molecule has 0 atom stereocenters. The second kappa shape index (κ2) is 7.51. The summed E-state index contributed by atoms with van der Waals surface area (Å²) in [5.41, 5.74) is 2.65. The van der Waals surface area contributed by atoms with E-state index in [0.29, 0.717) is 21.0 Å². The average Bonchev–Trinajstić information content (AvgIpc) is 2.84. The Morgan fingerprint density at radius 2 is 2.00 bits per heavy atom. The van der Waals surface area contributed by atoms with Crippen molar-refractivity contribution in [3.63, 3.8) is 0 Å². The summed E-state index contributed by atoms with van der Waals surface area (Å²) in [6.07, 6.45) is 4.01. The summed E-state index contributed by atoms with van der Waals surface area (Å²) < 4.78 is 1.81. The summed E-state index contributed by atoms with van der Waals surface area (Å²) in [7, 11) is 0. The molecule has 0 saturated carbocycles. The molecule has 1 amide bonds. The summed E-state index contributed by atoms with van der Waals surface area (Å²) >= 11 is 1.32. The minimum atomic E-state index is -0.173. The molecule has 5 nitrogen and oxygen atoms in total. The molecule has 0 saturated heterocycles. The van der Waals surface area contributed by atoms with Crippen molar-refractivity contribution in [2.24, 2.45) is 0 Å². The van der Waals surface area contributed by atoms with E-state index >= 15 is 0 Å². The van der Waals surface area contributed by atoms with Crippen LogP contribution >= 0.6 is 11.3 Å². The van der Waals surface area contributed by atoms with Gasteiger partial charge in [0, 0.05) is 18.7 Å². The predicted octanol–water partition coefficient (Wildman–Crippen LogP) is 4.87. The second-order valence-corrected chi connectivity index (χ2v) is 8.73. The monoisotopic (exact) mass is 395 g/mol. The minimum Gasteiger partial charge on any atom is -0.321 e. The SMILES string of the molecule is Cc1c(C(=O)Nc2ccccc2C(C)C)sc2nc3n(c(=O)c12)CCCCC3. The first-order valence-electron chi connectivity index (χ1n) is 9.90. The molecule has 3 heterocycles. The van der Waals surface area contributed by atoms with E-state index in [2.05, 4.69) is 19.2 Å². The average molecular weight is 396 g/mol. The van der Waals surface area contributed by atoms with Gasteiger partial charge in [0.05, 0.1) is 10.3 Å². The highest BCUT2D eigenvalue weighted by Crippen LogP contribution is 2.30. The van der Waals surface area contributed by atoms with Gasteiger partial charge < -0.3 is 5.32 Å². The second-order valence-electron chi connectivity index (χ2n) is 7.73. The van der Waals surface area contributed by atoms with Crippen molar-refractivity contribution in [2.45, 2.75) is 58.9 Å². The summed E-state index contributed by atoms with van der Waals surface area (Å²) in [6, 6.07) is 7.85. The van der Waals surface area contributed by atoms with Gasteiger partial charge in [-0.1, -0.05) is 38.5 Å². The number of nitrogens with zero attached hydrogens (tertiary/aromatic N) is 2. The van der Waals surface area contributed by atoms with Crippen LogP contribution in [0.2, 0.25) is 0 Å². The van der Waals surface area contributed by atoms with Crippen LogP contribution in [0.3, 0.4) is 0 Å². The Morgan fingerprint density at radius 3 is 2.79 bits per heavy atom. The molecule has 0 spiro atoms. The number of hydrogen-bond acceptors (Lipinski definition) is 4. The highest BCUT2D eigenvalue weighted by molar-refractivity contribution is 7.20. The Hall–Kier alpha value is -2.47. The van der Waals surface area contributed by atoms with Crippen molar-refractivity contribution in [1.29, 1.82) is 0 Å². The van der Waals surface area contributed by atoms with Crippen molar-refractivity contribution in [3.05, 3.63) is 56.4 Å². The molecule has 28 heavy (non-hydrogen) atoms. The number of thiophene rings is 1. The Bertz CT molecular complexity index is 1110. The third-order valence-electron chi connectivity index (χ3n) is 5.45. The number of carbonyl (C=O) groups is 1. The topological polar surface area (TPSA) is 64.0 Å². The number of aromatic nitrogens is 2. The maximum Gasteiger partial charge on any atom is 0.266 e. The van der Waals surface area contributed by atoms with Gasteiger partial charge in [0.15, 0.2) is 0 Å². The number of amides is 1. The Morgan fingerprint density at radius 1 is 1.21 bits per heavy atom. The molecular weight excluding hydrogens is 370 g/mol. The van der Waals surface area contributed by atoms with Crippen molar-refractivity contribution in [3.8, 4) is 0 Å².